The van der Waals surface area contributed by atoms with Crippen LogP contribution in [0.25, 0.3) is 0 Å². The lowest BCUT2D eigenvalue weighted by Crippen LogP contribution is -2.15. The topological polar surface area (TPSA) is 63.3 Å². The highest BCUT2D eigenvalue weighted by atomic mass is 19.1. The molecule has 1 atom stereocenters. The van der Waals surface area contributed by atoms with Gasteiger partial charge >= 0.3 is 5.97 Å². The van der Waals surface area contributed by atoms with Gasteiger partial charge in [-0.3, -0.25) is 4.79 Å². The van der Waals surface area contributed by atoms with Crippen LogP contribution in [0.3, 0.4) is 0 Å². The van der Waals surface area contributed by atoms with E-state index in [0.717, 1.165) is 6.07 Å². The predicted octanol–water partition coefficient (Wildman–Crippen LogP) is 2.08. The van der Waals surface area contributed by atoms with E-state index in [1.165, 1.54) is 6.07 Å². The van der Waals surface area contributed by atoms with Crippen molar-refractivity contribution in [3.63, 3.8) is 0 Å². The van der Waals surface area contributed by atoms with E-state index in [4.69, 9.17) is 10.8 Å². The Hall–Kier alpha value is -1.49. The largest absolute Gasteiger partial charge is 0.481 e. The molecule has 0 aromatic heterocycles. The highest BCUT2D eigenvalue weighted by Crippen LogP contribution is 2.22. The number of aryl methyl sites for hydroxylation is 1. The van der Waals surface area contributed by atoms with E-state index < -0.39 is 24.5 Å². The van der Waals surface area contributed by atoms with Crippen molar-refractivity contribution < 1.29 is 18.7 Å². The first-order chi connectivity index (χ1) is 7.45. The van der Waals surface area contributed by atoms with E-state index in [1.54, 1.807) is 6.92 Å². The molecule has 0 aliphatic heterocycles. The average Bonchev–Trinajstić information content (AvgIpc) is 2.16. The van der Waals surface area contributed by atoms with Crippen LogP contribution in [0.5, 0.6) is 0 Å². The third-order valence-electron chi connectivity index (χ3n) is 2.40. The average molecular weight is 229 g/mol. The van der Waals surface area contributed by atoms with Crippen LogP contribution in [-0.2, 0) is 11.5 Å². The Morgan fingerprint density at radius 2 is 2.19 bits per heavy atom. The minimum absolute atomic E-state index is 0.00808. The zero-order valence-corrected chi connectivity index (χ0v) is 8.84. The maximum absolute atomic E-state index is 13.4. The van der Waals surface area contributed by atoms with Crippen LogP contribution in [0, 0.1) is 12.7 Å². The second kappa shape index (κ2) is 5.03. The Kier molecular flexibility index (Phi) is 3.95. The molecule has 0 saturated heterocycles. The standard InChI is InChI=1S/C11H13F2NO2/c1-6-2-7(10(14)4-11(15)16)3-9(13)8(6)5-12/h2-3,10H,4-5,14H2,1H3,(H,15,16). The molecule has 88 valence electrons. The van der Waals surface area contributed by atoms with Crippen LogP contribution in [0.2, 0.25) is 0 Å². The van der Waals surface area contributed by atoms with Gasteiger partial charge in [0, 0.05) is 11.6 Å². The summed E-state index contributed by atoms with van der Waals surface area (Å²) in [5, 5.41) is 8.55. The maximum Gasteiger partial charge on any atom is 0.305 e. The van der Waals surface area contributed by atoms with Crippen molar-refractivity contribution in [1.82, 2.24) is 0 Å². The lowest BCUT2D eigenvalue weighted by molar-refractivity contribution is -0.137. The van der Waals surface area contributed by atoms with Gasteiger partial charge in [-0.05, 0) is 24.1 Å². The second-order valence-electron chi connectivity index (χ2n) is 3.64. The third kappa shape index (κ3) is 2.76. The maximum atomic E-state index is 13.4. The molecule has 0 amide bonds. The fourth-order valence-electron chi connectivity index (χ4n) is 1.49. The number of carboxylic acid groups (broad SMARTS) is 1. The molecular weight excluding hydrogens is 216 g/mol. The molecule has 0 saturated carbocycles. The molecule has 0 heterocycles. The van der Waals surface area contributed by atoms with Crippen LogP contribution in [0.1, 0.15) is 29.2 Å². The summed E-state index contributed by atoms with van der Waals surface area (Å²) in [6.45, 7) is 0.682. The molecule has 1 unspecified atom stereocenters. The normalized spacial score (nSPS) is 12.5. The smallest absolute Gasteiger partial charge is 0.305 e. The zero-order valence-electron chi connectivity index (χ0n) is 8.84. The Morgan fingerprint density at radius 1 is 1.56 bits per heavy atom. The number of carboxylic acids is 1. The lowest BCUT2D eigenvalue weighted by atomic mass is 9.99. The molecule has 0 bridgehead atoms. The molecule has 16 heavy (non-hydrogen) atoms. The Labute approximate surface area is 91.9 Å². The van der Waals surface area contributed by atoms with Crippen LogP contribution < -0.4 is 5.73 Å². The van der Waals surface area contributed by atoms with Gasteiger partial charge in [-0.15, -0.1) is 0 Å². The Balaban J connectivity index is 3.03. The first kappa shape index (κ1) is 12.6. The summed E-state index contributed by atoms with van der Waals surface area (Å²) in [4.78, 5) is 10.4. The first-order valence-electron chi connectivity index (χ1n) is 4.78. The zero-order chi connectivity index (χ0) is 12.3. The van der Waals surface area contributed by atoms with Gasteiger partial charge in [0.05, 0.1) is 6.42 Å². The molecule has 5 heteroatoms. The van der Waals surface area contributed by atoms with E-state index in [2.05, 4.69) is 0 Å². The number of nitrogens with two attached hydrogens (primary N) is 1. The fourth-order valence-corrected chi connectivity index (χ4v) is 1.49. The highest BCUT2D eigenvalue weighted by Gasteiger charge is 2.14. The van der Waals surface area contributed by atoms with Crippen LogP contribution in [0.15, 0.2) is 12.1 Å². The SMILES string of the molecule is Cc1cc(C(N)CC(=O)O)cc(F)c1CF. The highest BCUT2D eigenvalue weighted by molar-refractivity contribution is 5.67. The summed E-state index contributed by atoms with van der Waals surface area (Å²) < 4.78 is 25.8. The fraction of sp³-hybridized carbons (Fsp3) is 0.364. The van der Waals surface area contributed by atoms with Gasteiger partial charge in [0.25, 0.3) is 0 Å². The first-order valence-corrected chi connectivity index (χ1v) is 4.78. The van der Waals surface area contributed by atoms with Crippen molar-refractivity contribution in [2.75, 3.05) is 0 Å². The second-order valence-corrected chi connectivity index (χ2v) is 3.64. The quantitative estimate of drug-likeness (QED) is 0.830. The van der Waals surface area contributed by atoms with Crippen molar-refractivity contribution in [2.45, 2.75) is 26.1 Å². The molecule has 0 spiro atoms. The molecular formula is C11H13F2NO2. The minimum atomic E-state index is -1.06. The molecule has 3 nitrogen and oxygen atoms in total. The summed E-state index contributed by atoms with van der Waals surface area (Å²) in [6, 6.07) is 1.83. The molecule has 0 fully saturated rings. The number of aliphatic carboxylic acids is 1. The Morgan fingerprint density at radius 3 is 2.62 bits per heavy atom. The molecule has 0 aliphatic carbocycles. The lowest BCUT2D eigenvalue weighted by Gasteiger charge is -2.12. The van der Waals surface area contributed by atoms with Gasteiger partial charge in [0.1, 0.15) is 12.5 Å². The number of halogens is 2. The van der Waals surface area contributed by atoms with E-state index in [1.807, 2.05) is 0 Å². The van der Waals surface area contributed by atoms with Gasteiger partial charge in [-0.1, -0.05) is 6.07 Å². The van der Waals surface area contributed by atoms with Crippen LogP contribution in [0.4, 0.5) is 8.78 Å². The number of rotatable bonds is 4. The van der Waals surface area contributed by atoms with E-state index >= 15 is 0 Å². The molecule has 3 N–H and O–H groups in total. The number of hydrogen-bond acceptors (Lipinski definition) is 2. The van der Waals surface area contributed by atoms with Crippen LogP contribution in [-0.4, -0.2) is 11.1 Å². The van der Waals surface area contributed by atoms with Gasteiger partial charge in [0.15, 0.2) is 0 Å². The number of carbonyl (C=O) groups is 1. The van der Waals surface area contributed by atoms with Gasteiger partial charge in [0.2, 0.25) is 0 Å². The molecule has 1 rings (SSSR count). The van der Waals surface area contributed by atoms with E-state index in [9.17, 15) is 13.6 Å². The third-order valence-corrected chi connectivity index (χ3v) is 2.40. The summed E-state index contributed by atoms with van der Waals surface area (Å²) in [5.74, 6) is -1.74. The summed E-state index contributed by atoms with van der Waals surface area (Å²) in [7, 11) is 0. The van der Waals surface area contributed by atoms with Gasteiger partial charge in [-0.2, -0.15) is 0 Å². The number of hydrogen-bond donors (Lipinski definition) is 2. The van der Waals surface area contributed by atoms with Crippen molar-refractivity contribution in [1.29, 1.82) is 0 Å². The summed E-state index contributed by atoms with van der Waals surface area (Å²) in [6.07, 6.45) is -0.284. The van der Waals surface area contributed by atoms with E-state index in [-0.39, 0.29) is 12.0 Å². The van der Waals surface area contributed by atoms with Crippen molar-refractivity contribution in [3.05, 3.63) is 34.6 Å². The van der Waals surface area contributed by atoms with Gasteiger partial charge < -0.3 is 10.8 Å². The van der Waals surface area contributed by atoms with Crippen LogP contribution >= 0.6 is 0 Å². The molecule has 1 aromatic rings. The molecule has 0 aliphatic rings. The minimum Gasteiger partial charge on any atom is -0.481 e. The number of alkyl halides is 1. The molecule has 0 radical (unpaired) electrons. The molecule has 1 aromatic carbocycles. The summed E-state index contributed by atoms with van der Waals surface area (Å²) in [5.41, 5.74) is 6.39. The van der Waals surface area contributed by atoms with Gasteiger partial charge in [-0.25, -0.2) is 8.78 Å². The van der Waals surface area contributed by atoms with Crippen molar-refractivity contribution in [3.8, 4) is 0 Å². The summed E-state index contributed by atoms with van der Waals surface area (Å²) >= 11 is 0. The Bertz CT molecular complexity index is 384. The predicted molar refractivity (Wildman–Crippen MR) is 55.1 cm³/mol. The van der Waals surface area contributed by atoms with Crippen molar-refractivity contribution in [2.24, 2.45) is 5.73 Å². The number of benzene rings is 1. The monoisotopic (exact) mass is 229 g/mol. The van der Waals surface area contributed by atoms with Crippen molar-refractivity contribution >= 4 is 5.97 Å². The van der Waals surface area contributed by atoms with E-state index in [0.29, 0.717) is 11.1 Å².